The summed E-state index contributed by atoms with van der Waals surface area (Å²) in [4.78, 5) is 22.0. The topological polar surface area (TPSA) is 116 Å². The van der Waals surface area contributed by atoms with Crippen molar-refractivity contribution in [1.82, 2.24) is 0 Å². The van der Waals surface area contributed by atoms with Gasteiger partial charge in [0.15, 0.2) is 0 Å². The molecule has 0 unspecified atom stereocenters. The summed E-state index contributed by atoms with van der Waals surface area (Å²) in [6.07, 6.45) is 0. The summed E-state index contributed by atoms with van der Waals surface area (Å²) in [6, 6.07) is 2.55. The Morgan fingerprint density at radius 3 is 2.58 bits per heavy atom. The molecule has 0 aromatic heterocycles. The van der Waals surface area contributed by atoms with Crippen LogP contribution in [0, 0.1) is 15.5 Å². The number of carbonyl (C=O) groups excluding carboxylic acids is 1. The highest BCUT2D eigenvalue weighted by Crippen LogP contribution is 2.38. The SMILES string of the molecule is COC(=O)C(C)(C)[C@@H](N)c1cc(O)ccc1[N+](=O)[O-]. The van der Waals surface area contributed by atoms with Gasteiger partial charge in [0.1, 0.15) is 5.75 Å². The van der Waals surface area contributed by atoms with E-state index in [0.717, 1.165) is 6.07 Å². The Morgan fingerprint density at radius 2 is 2.11 bits per heavy atom. The van der Waals surface area contributed by atoms with E-state index in [1.54, 1.807) is 0 Å². The standard InChI is InChI=1S/C12H16N2O5/c1-12(2,11(16)19-3)10(13)8-6-7(15)4-5-9(8)14(17)18/h4-6,10,15H,13H2,1-3H3/t10-/m0/s1. The maximum Gasteiger partial charge on any atom is 0.313 e. The molecule has 0 aliphatic carbocycles. The molecule has 0 radical (unpaired) electrons. The van der Waals surface area contributed by atoms with Gasteiger partial charge in [0, 0.05) is 6.07 Å². The maximum absolute atomic E-state index is 11.7. The van der Waals surface area contributed by atoms with Gasteiger partial charge >= 0.3 is 5.97 Å². The van der Waals surface area contributed by atoms with E-state index in [1.807, 2.05) is 0 Å². The Balaban J connectivity index is 3.32. The number of ether oxygens (including phenoxy) is 1. The van der Waals surface area contributed by atoms with Crippen molar-refractivity contribution < 1.29 is 19.6 Å². The van der Waals surface area contributed by atoms with Crippen molar-refractivity contribution in [3.05, 3.63) is 33.9 Å². The lowest BCUT2D eigenvalue weighted by Gasteiger charge is -2.28. The van der Waals surface area contributed by atoms with E-state index in [9.17, 15) is 20.0 Å². The monoisotopic (exact) mass is 268 g/mol. The maximum atomic E-state index is 11.7. The Hall–Kier alpha value is -2.15. The highest BCUT2D eigenvalue weighted by molar-refractivity contribution is 5.77. The smallest absolute Gasteiger partial charge is 0.313 e. The van der Waals surface area contributed by atoms with Gasteiger partial charge in [0.2, 0.25) is 0 Å². The normalized spacial score (nSPS) is 12.8. The molecular formula is C12H16N2O5. The first-order chi connectivity index (χ1) is 8.71. The number of nitro groups is 1. The Morgan fingerprint density at radius 1 is 1.53 bits per heavy atom. The number of rotatable bonds is 4. The van der Waals surface area contributed by atoms with Crippen molar-refractivity contribution in [3.8, 4) is 5.75 Å². The molecular weight excluding hydrogens is 252 g/mol. The van der Waals surface area contributed by atoms with Crippen LogP contribution in [-0.4, -0.2) is 23.1 Å². The molecule has 0 saturated heterocycles. The zero-order chi connectivity index (χ0) is 14.8. The zero-order valence-electron chi connectivity index (χ0n) is 10.9. The van der Waals surface area contributed by atoms with Crippen LogP contribution in [0.2, 0.25) is 0 Å². The fourth-order valence-corrected chi connectivity index (χ4v) is 1.74. The zero-order valence-corrected chi connectivity index (χ0v) is 10.9. The molecule has 1 rings (SSSR count). The summed E-state index contributed by atoms with van der Waals surface area (Å²) in [7, 11) is 1.22. The molecule has 0 amide bonds. The second kappa shape index (κ2) is 5.23. The number of esters is 1. The Labute approximate surface area is 110 Å². The minimum Gasteiger partial charge on any atom is -0.508 e. The lowest BCUT2D eigenvalue weighted by Crippen LogP contribution is -2.37. The number of nitrogens with zero attached hydrogens (tertiary/aromatic N) is 1. The number of benzene rings is 1. The molecule has 0 heterocycles. The summed E-state index contributed by atoms with van der Waals surface area (Å²) in [6.45, 7) is 3.05. The van der Waals surface area contributed by atoms with E-state index in [2.05, 4.69) is 4.74 Å². The van der Waals surface area contributed by atoms with E-state index in [-0.39, 0.29) is 17.0 Å². The number of phenols is 1. The van der Waals surface area contributed by atoms with Crippen LogP contribution < -0.4 is 5.73 Å². The number of phenolic OH excluding ortho intramolecular Hbond substituents is 1. The molecule has 0 fully saturated rings. The fraction of sp³-hybridized carbons (Fsp3) is 0.417. The predicted octanol–water partition coefficient (Wildman–Crippen LogP) is 1.50. The quantitative estimate of drug-likeness (QED) is 0.485. The van der Waals surface area contributed by atoms with Gasteiger partial charge in [0.05, 0.1) is 29.1 Å². The van der Waals surface area contributed by atoms with Crippen LogP contribution in [0.4, 0.5) is 5.69 Å². The van der Waals surface area contributed by atoms with Gasteiger partial charge in [-0.3, -0.25) is 14.9 Å². The van der Waals surface area contributed by atoms with E-state index in [0.29, 0.717) is 0 Å². The minimum absolute atomic E-state index is 0.0837. The molecule has 0 aliphatic rings. The van der Waals surface area contributed by atoms with E-state index >= 15 is 0 Å². The first kappa shape index (κ1) is 14.9. The van der Waals surface area contributed by atoms with Crippen molar-refractivity contribution in [3.63, 3.8) is 0 Å². The van der Waals surface area contributed by atoms with Gasteiger partial charge < -0.3 is 15.6 Å². The molecule has 3 N–H and O–H groups in total. The molecule has 104 valence electrons. The van der Waals surface area contributed by atoms with E-state index < -0.39 is 22.3 Å². The Bertz CT molecular complexity index is 513. The third kappa shape index (κ3) is 2.82. The van der Waals surface area contributed by atoms with Gasteiger partial charge in [-0.1, -0.05) is 0 Å². The number of hydrogen-bond donors (Lipinski definition) is 2. The second-order valence-corrected chi connectivity index (χ2v) is 4.69. The summed E-state index contributed by atoms with van der Waals surface area (Å²) in [5.74, 6) is -0.741. The molecule has 19 heavy (non-hydrogen) atoms. The highest BCUT2D eigenvalue weighted by Gasteiger charge is 2.39. The van der Waals surface area contributed by atoms with Crippen molar-refractivity contribution in [2.75, 3.05) is 7.11 Å². The molecule has 7 nitrogen and oxygen atoms in total. The average Bonchev–Trinajstić information content (AvgIpc) is 2.36. The molecule has 1 atom stereocenters. The van der Waals surface area contributed by atoms with Crippen LogP contribution >= 0.6 is 0 Å². The van der Waals surface area contributed by atoms with Gasteiger partial charge in [-0.2, -0.15) is 0 Å². The lowest BCUT2D eigenvalue weighted by atomic mass is 9.80. The molecule has 1 aromatic carbocycles. The lowest BCUT2D eigenvalue weighted by molar-refractivity contribution is -0.385. The first-order valence-electron chi connectivity index (χ1n) is 5.53. The highest BCUT2D eigenvalue weighted by atomic mass is 16.6. The van der Waals surface area contributed by atoms with Crippen LogP contribution in [0.3, 0.4) is 0 Å². The van der Waals surface area contributed by atoms with Crippen LogP contribution in [0.25, 0.3) is 0 Å². The van der Waals surface area contributed by atoms with Gasteiger partial charge in [0.25, 0.3) is 5.69 Å². The molecule has 0 spiro atoms. The van der Waals surface area contributed by atoms with E-state index in [4.69, 9.17) is 5.73 Å². The van der Waals surface area contributed by atoms with Gasteiger partial charge in [-0.25, -0.2) is 0 Å². The average molecular weight is 268 g/mol. The predicted molar refractivity (Wildman–Crippen MR) is 67.5 cm³/mol. The van der Waals surface area contributed by atoms with Crippen LogP contribution in [0.1, 0.15) is 25.5 Å². The minimum atomic E-state index is -1.16. The van der Waals surface area contributed by atoms with Gasteiger partial charge in [-0.05, 0) is 26.0 Å². The number of nitro benzene ring substituents is 1. The molecule has 0 saturated carbocycles. The van der Waals surface area contributed by atoms with Crippen LogP contribution in [0.5, 0.6) is 5.75 Å². The number of methoxy groups -OCH3 is 1. The number of carbonyl (C=O) groups is 1. The molecule has 0 aliphatic heterocycles. The first-order valence-corrected chi connectivity index (χ1v) is 5.53. The Kier molecular flexibility index (Phi) is 4.10. The van der Waals surface area contributed by atoms with Gasteiger partial charge in [-0.15, -0.1) is 0 Å². The third-order valence-electron chi connectivity index (χ3n) is 3.03. The largest absolute Gasteiger partial charge is 0.508 e. The summed E-state index contributed by atoms with van der Waals surface area (Å²) in [5, 5.41) is 20.4. The molecule has 7 heteroatoms. The number of aromatic hydroxyl groups is 1. The summed E-state index contributed by atoms with van der Waals surface area (Å²) in [5.41, 5.74) is 4.62. The van der Waals surface area contributed by atoms with Crippen LogP contribution in [0.15, 0.2) is 18.2 Å². The third-order valence-corrected chi connectivity index (χ3v) is 3.03. The fourth-order valence-electron chi connectivity index (χ4n) is 1.74. The van der Waals surface area contributed by atoms with Crippen molar-refractivity contribution in [1.29, 1.82) is 0 Å². The van der Waals surface area contributed by atoms with Crippen molar-refractivity contribution in [2.24, 2.45) is 11.1 Å². The molecule has 0 bridgehead atoms. The second-order valence-electron chi connectivity index (χ2n) is 4.69. The number of nitrogens with two attached hydrogens (primary N) is 1. The van der Waals surface area contributed by atoms with E-state index in [1.165, 1.54) is 33.1 Å². The summed E-state index contributed by atoms with van der Waals surface area (Å²) >= 11 is 0. The molecule has 1 aromatic rings. The van der Waals surface area contributed by atoms with Crippen molar-refractivity contribution >= 4 is 11.7 Å². The number of hydrogen-bond acceptors (Lipinski definition) is 6. The van der Waals surface area contributed by atoms with Crippen LogP contribution in [-0.2, 0) is 9.53 Å². The van der Waals surface area contributed by atoms with Crippen molar-refractivity contribution in [2.45, 2.75) is 19.9 Å². The summed E-state index contributed by atoms with van der Waals surface area (Å²) < 4.78 is 4.64.